The third-order valence-corrected chi connectivity index (χ3v) is 3.90. The summed E-state index contributed by atoms with van der Waals surface area (Å²) in [7, 11) is 1.53. The molecule has 0 aliphatic heterocycles. The summed E-state index contributed by atoms with van der Waals surface area (Å²) in [5, 5.41) is 16.9. The summed E-state index contributed by atoms with van der Waals surface area (Å²) in [6.45, 7) is 6.87. The van der Waals surface area contributed by atoms with Gasteiger partial charge in [-0.3, -0.25) is 19.5 Å². The molecule has 28 heavy (non-hydrogen) atoms. The zero-order valence-corrected chi connectivity index (χ0v) is 16.3. The van der Waals surface area contributed by atoms with Gasteiger partial charge in [0, 0.05) is 30.9 Å². The van der Waals surface area contributed by atoms with E-state index in [2.05, 4.69) is 38.0 Å². The highest BCUT2D eigenvalue weighted by atomic mass is 16.2. The average molecular weight is 392 g/mol. The fourth-order valence-corrected chi connectivity index (χ4v) is 2.04. The molecular formula is C17H28N8O3. The number of hydrogen-bond acceptors (Lipinski definition) is 8. The minimum absolute atomic E-state index is 0.0232. The van der Waals surface area contributed by atoms with Gasteiger partial charge >= 0.3 is 0 Å². The second-order valence-corrected chi connectivity index (χ2v) is 6.00. The van der Waals surface area contributed by atoms with Crippen LogP contribution < -0.4 is 32.7 Å². The normalized spacial score (nSPS) is 13.6. The number of hydrogen-bond donors (Lipinski definition) is 7. The van der Waals surface area contributed by atoms with Crippen LogP contribution in [0.3, 0.4) is 0 Å². The van der Waals surface area contributed by atoms with Crippen LogP contribution in [-0.2, 0) is 14.4 Å². The quantitative estimate of drug-likeness (QED) is 0.221. The minimum Gasteiger partial charge on any atom is -0.384 e. The van der Waals surface area contributed by atoms with Crippen molar-refractivity contribution in [3.63, 3.8) is 0 Å². The van der Waals surface area contributed by atoms with Gasteiger partial charge in [-0.1, -0.05) is 13.5 Å². The van der Waals surface area contributed by atoms with Crippen molar-refractivity contribution in [3.05, 3.63) is 41.8 Å². The first-order valence-corrected chi connectivity index (χ1v) is 8.69. The first kappa shape index (κ1) is 22.7. The van der Waals surface area contributed by atoms with Crippen molar-refractivity contribution in [2.45, 2.75) is 32.4 Å². The molecule has 0 bridgehead atoms. The molecule has 0 saturated carbocycles. The molecule has 1 aromatic rings. The molecule has 1 unspecified atom stereocenters. The van der Waals surface area contributed by atoms with E-state index in [4.69, 9.17) is 11.5 Å². The van der Waals surface area contributed by atoms with Gasteiger partial charge in [0.05, 0.1) is 18.8 Å². The summed E-state index contributed by atoms with van der Waals surface area (Å²) in [4.78, 5) is 36.2. The average Bonchev–Trinajstić information content (AvgIpc) is 3.22. The Morgan fingerprint density at radius 2 is 2.04 bits per heavy atom. The van der Waals surface area contributed by atoms with E-state index >= 15 is 0 Å². The van der Waals surface area contributed by atoms with Gasteiger partial charge in [0.2, 0.25) is 5.91 Å². The van der Waals surface area contributed by atoms with Gasteiger partial charge in [0.15, 0.2) is 5.78 Å². The number of aromatic nitrogens is 2. The second kappa shape index (κ2) is 10.7. The van der Waals surface area contributed by atoms with Crippen LogP contribution >= 0.6 is 0 Å². The molecule has 0 aliphatic rings. The lowest BCUT2D eigenvalue weighted by molar-refractivity contribution is -0.124. The molecular weight excluding hydrogens is 364 g/mol. The molecule has 1 rings (SSSR count). The van der Waals surface area contributed by atoms with E-state index in [1.165, 1.54) is 13.2 Å². The van der Waals surface area contributed by atoms with Crippen molar-refractivity contribution in [1.29, 1.82) is 0 Å². The van der Waals surface area contributed by atoms with Crippen LogP contribution in [0.1, 0.15) is 31.9 Å². The van der Waals surface area contributed by atoms with Crippen molar-refractivity contribution in [2.24, 2.45) is 11.5 Å². The van der Waals surface area contributed by atoms with Gasteiger partial charge in [-0.2, -0.15) is 5.10 Å². The number of rotatable bonds is 11. The number of nitrogens with one attached hydrogen (secondary N) is 5. The van der Waals surface area contributed by atoms with Crippen molar-refractivity contribution in [1.82, 2.24) is 31.5 Å². The molecule has 0 saturated heterocycles. The first-order chi connectivity index (χ1) is 13.2. The topological polar surface area (TPSA) is 180 Å². The number of Topliss-reactive ketones (excluding diaryl/α,β-unsaturated/α-hetero) is 1. The minimum atomic E-state index is -0.845. The number of ketones is 1. The number of aromatic amines is 1. The van der Waals surface area contributed by atoms with Crippen LogP contribution in [0.25, 0.3) is 0 Å². The molecule has 2 atom stereocenters. The lowest BCUT2D eigenvalue weighted by Crippen LogP contribution is -2.47. The smallest absolute Gasteiger partial charge is 0.271 e. The number of H-pyrrole nitrogens is 1. The second-order valence-electron chi connectivity index (χ2n) is 6.00. The molecule has 154 valence electrons. The van der Waals surface area contributed by atoms with E-state index in [9.17, 15) is 14.4 Å². The van der Waals surface area contributed by atoms with Crippen LogP contribution in [0, 0.1) is 0 Å². The van der Waals surface area contributed by atoms with Gasteiger partial charge in [0.25, 0.3) is 5.91 Å². The van der Waals surface area contributed by atoms with Gasteiger partial charge in [-0.15, -0.1) is 0 Å². The molecule has 0 aliphatic carbocycles. The summed E-state index contributed by atoms with van der Waals surface area (Å²) in [5.41, 5.74) is 12.7. The third-order valence-electron chi connectivity index (χ3n) is 3.90. The van der Waals surface area contributed by atoms with Gasteiger partial charge < -0.3 is 32.7 Å². The Morgan fingerprint density at radius 3 is 2.57 bits per heavy atom. The maximum atomic E-state index is 12.4. The molecule has 0 aromatic carbocycles. The van der Waals surface area contributed by atoms with Crippen LogP contribution in [-0.4, -0.2) is 47.4 Å². The Labute approximate surface area is 163 Å². The molecule has 11 heteroatoms. The van der Waals surface area contributed by atoms with Gasteiger partial charge in [0.1, 0.15) is 17.6 Å². The Balaban J connectivity index is 2.75. The maximum absolute atomic E-state index is 12.4. The molecule has 0 fully saturated rings. The Bertz CT molecular complexity index is 742. The van der Waals surface area contributed by atoms with E-state index in [0.717, 1.165) is 0 Å². The molecule has 11 nitrogen and oxygen atoms in total. The number of nitrogens with two attached hydrogens (primary N) is 2. The zero-order valence-electron chi connectivity index (χ0n) is 16.3. The van der Waals surface area contributed by atoms with Gasteiger partial charge in [-0.05, 0) is 6.92 Å². The first-order valence-electron chi connectivity index (χ1n) is 8.69. The van der Waals surface area contributed by atoms with Crippen LogP contribution in [0.4, 0.5) is 0 Å². The molecule has 0 spiro atoms. The Hall–Kier alpha value is -3.34. The lowest BCUT2D eigenvalue weighted by Gasteiger charge is -2.21. The molecule has 9 N–H and O–H groups in total. The predicted octanol–water partition coefficient (Wildman–Crippen LogP) is -1.54. The summed E-state index contributed by atoms with van der Waals surface area (Å²) >= 11 is 0. The largest absolute Gasteiger partial charge is 0.384 e. The summed E-state index contributed by atoms with van der Waals surface area (Å²) in [6.07, 6.45) is 3.42. The fourth-order valence-electron chi connectivity index (χ4n) is 2.04. The van der Waals surface area contributed by atoms with E-state index in [1.54, 1.807) is 20.0 Å². The summed E-state index contributed by atoms with van der Waals surface area (Å²) < 4.78 is 0. The van der Waals surface area contributed by atoms with Crippen molar-refractivity contribution >= 4 is 17.6 Å². The van der Waals surface area contributed by atoms with Crippen LogP contribution in [0.15, 0.2) is 36.2 Å². The zero-order chi connectivity index (χ0) is 21.3. The number of carbonyl (C=O) groups is 3. The van der Waals surface area contributed by atoms with E-state index in [-0.39, 0.29) is 29.5 Å². The van der Waals surface area contributed by atoms with Crippen LogP contribution in [0.5, 0.6) is 0 Å². The molecule has 0 radical (unpaired) electrons. The highest BCUT2D eigenvalue weighted by Crippen LogP contribution is 2.13. The number of nitrogens with zero attached hydrogens (tertiary/aromatic N) is 1. The molecule has 2 amide bonds. The molecule has 1 heterocycles. The van der Waals surface area contributed by atoms with Crippen molar-refractivity contribution in [2.75, 3.05) is 13.6 Å². The van der Waals surface area contributed by atoms with E-state index in [0.29, 0.717) is 12.0 Å². The molecule has 1 aromatic heterocycles. The highest BCUT2D eigenvalue weighted by Gasteiger charge is 2.22. The maximum Gasteiger partial charge on any atom is 0.271 e. The highest BCUT2D eigenvalue weighted by molar-refractivity contribution is 5.97. The van der Waals surface area contributed by atoms with Crippen molar-refractivity contribution < 1.29 is 14.4 Å². The Kier molecular flexibility index (Phi) is 8.69. The monoisotopic (exact) mass is 392 g/mol. The van der Waals surface area contributed by atoms with Gasteiger partial charge in [-0.25, -0.2) is 0 Å². The van der Waals surface area contributed by atoms with Crippen LogP contribution in [0.2, 0.25) is 0 Å². The Morgan fingerprint density at radius 1 is 1.36 bits per heavy atom. The SMILES string of the molecule is C=C(NC(=O)[C@H](C)N/C(C(=O)NCC(=O)CC)=C(\N)NC)C(N)c1cn[nH]c1. The fraction of sp³-hybridized carbons (Fsp3) is 0.412. The van der Waals surface area contributed by atoms with Crippen molar-refractivity contribution in [3.8, 4) is 0 Å². The number of carbonyl (C=O) groups excluding carboxylic acids is 3. The predicted molar refractivity (Wildman–Crippen MR) is 104 cm³/mol. The summed E-state index contributed by atoms with van der Waals surface area (Å²) in [6, 6.07) is -1.49. The number of amides is 2. The van der Waals surface area contributed by atoms with E-state index < -0.39 is 23.9 Å². The lowest BCUT2D eigenvalue weighted by atomic mass is 10.1. The standard InChI is InChI=1S/C17H28N8O3/c1-5-12(26)8-21-17(28)14(15(19)20-4)24-10(3)16(27)25-9(2)13(18)11-6-22-23-7-11/h6-7,10,13,20,24H,2,5,8,18-19H2,1,3-4H3,(H,21,28)(H,22,23)(H,25,27)/b15-14+/t10-,13?/m0/s1. The van der Waals surface area contributed by atoms with E-state index in [1.807, 2.05) is 0 Å². The summed E-state index contributed by atoms with van der Waals surface area (Å²) in [5.74, 6) is -1.19. The third kappa shape index (κ3) is 6.43.